The highest BCUT2D eigenvalue weighted by atomic mass is 35.5. The van der Waals surface area contributed by atoms with Crippen molar-refractivity contribution in [3.8, 4) is 11.8 Å². The van der Waals surface area contributed by atoms with Crippen LogP contribution < -0.4 is 10.9 Å². The van der Waals surface area contributed by atoms with Gasteiger partial charge in [-0.1, -0.05) is 49.3 Å². The number of halogens is 1. The zero-order chi connectivity index (χ0) is 21.9. The van der Waals surface area contributed by atoms with E-state index in [1.165, 1.54) is 4.57 Å². The molecule has 0 saturated carbocycles. The van der Waals surface area contributed by atoms with E-state index in [-0.39, 0.29) is 23.1 Å². The molecule has 0 bridgehead atoms. The van der Waals surface area contributed by atoms with Crippen LogP contribution in [0.2, 0.25) is 5.02 Å². The highest BCUT2D eigenvalue weighted by Crippen LogP contribution is 2.23. The van der Waals surface area contributed by atoms with Crippen molar-refractivity contribution in [3.05, 3.63) is 63.9 Å². The summed E-state index contributed by atoms with van der Waals surface area (Å²) in [6.07, 6.45) is 0. The number of hydrogen-bond acceptors (Lipinski definition) is 5. The number of thioether (sulfide) groups is 1. The molecule has 2 aromatic carbocycles. The van der Waals surface area contributed by atoms with Crippen LogP contribution in [0.5, 0.6) is 0 Å². The fraction of sp³-hybridized carbons (Fsp3) is 0.273. The second-order valence-corrected chi connectivity index (χ2v) is 8.71. The molecule has 0 aliphatic heterocycles. The lowest BCUT2D eigenvalue weighted by atomic mass is 9.90. The van der Waals surface area contributed by atoms with Crippen LogP contribution in [0.25, 0.3) is 16.6 Å². The van der Waals surface area contributed by atoms with E-state index in [0.29, 0.717) is 26.8 Å². The Morgan fingerprint density at radius 1 is 1.27 bits per heavy atom. The monoisotopic (exact) mass is 440 g/mol. The van der Waals surface area contributed by atoms with E-state index in [4.69, 9.17) is 11.6 Å². The second-order valence-electron chi connectivity index (χ2n) is 7.33. The predicted molar refractivity (Wildman–Crippen MR) is 120 cm³/mol. The lowest BCUT2D eigenvalue weighted by molar-refractivity contribution is -0.120. The number of nitrogens with one attached hydrogen (secondary N) is 1. The summed E-state index contributed by atoms with van der Waals surface area (Å²) in [5.41, 5.74) is -0.0336. The van der Waals surface area contributed by atoms with Crippen molar-refractivity contribution in [1.82, 2.24) is 14.9 Å². The standard InChI is InChI=1S/C22H21ClN4O2S/c1-14(2)22(3,13-24)26-19(28)12-30-21-25-18-7-5-4-6-17(18)20(29)27(21)16-10-8-15(23)9-11-16/h4-11,14H,12H2,1-3H3,(H,26,28). The van der Waals surface area contributed by atoms with Crippen LogP contribution in [-0.4, -0.2) is 26.8 Å². The van der Waals surface area contributed by atoms with Gasteiger partial charge in [0.25, 0.3) is 5.56 Å². The van der Waals surface area contributed by atoms with Crippen molar-refractivity contribution >= 4 is 40.2 Å². The Morgan fingerprint density at radius 2 is 1.93 bits per heavy atom. The van der Waals surface area contributed by atoms with E-state index in [0.717, 1.165) is 11.8 Å². The summed E-state index contributed by atoms with van der Waals surface area (Å²) in [7, 11) is 0. The van der Waals surface area contributed by atoms with Gasteiger partial charge in [0.1, 0.15) is 5.54 Å². The number of nitrogens with zero attached hydrogens (tertiary/aromatic N) is 3. The SMILES string of the molecule is CC(C)C(C)(C#N)NC(=O)CSc1nc2ccccc2c(=O)n1-c1ccc(Cl)cc1. The molecule has 0 aliphatic rings. The fourth-order valence-electron chi connectivity index (χ4n) is 2.78. The summed E-state index contributed by atoms with van der Waals surface area (Å²) < 4.78 is 1.47. The quantitative estimate of drug-likeness (QED) is 0.458. The number of amides is 1. The minimum absolute atomic E-state index is 0.0162. The van der Waals surface area contributed by atoms with Crippen LogP contribution in [0, 0.1) is 17.2 Å². The Morgan fingerprint density at radius 3 is 2.57 bits per heavy atom. The van der Waals surface area contributed by atoms with Gasteiger partial charge in [-0.05, 0) is 49.2 Å². The van der Waals surface area contributed by atoms with Crippen molar-refractivity contribution in [2.45, 2.75) is 31.5 Å². The van der Waals surface area contributed by atoms with Crippen LogP contribution in [0.1, 0.15) is 20.8 Å². The molecule has 1 aromatic heterocycles. The van der Waals surface area contributed by atoms with Gasteiger partial charge < -0.3 is 5.32 Å². The highest BCUT2D eigenvalue weighted by Gasteiger charge is 2.30. The molecule has 0 fully saturated rings. The predicted octanol–water partition coefficient (Wildman–Crippen LogP) is 4.19. The van der Waals surface area contributed by atoms with E-state index in [1.807, 2.05) is 19.9 Å². The molecule has 154 valence electrons. The van der Waals surface area contributed by atoms with Gasteiger partial charge in [-0.15, -0.1) is 0 Å². The normalized spacial score (nSPS) is 13.1. The van der Waals surface area contributed by atoms with E-state index < -0.39 is 5.54 Å². The van der Waals surface area contributed by atoms with Crippen molar-refractivity contribution in [3.63, 3.8) is 0 Å². The molecule has 1 N–H and O–H groups in total. The molecule has 1 atom stereocenters. The molecule has 3 rings (SSSR count). The minimum atomic E-state index is -0.968. The second kappa shape index (κ2) is 8.90. The zero-order valence-corrected chi connectivity index (χ0v) is 18.4. The largest absolute Gasteiger partial charge is 0.337 e. The van der Waals surface area contributed by atoms with Crippen molar-refractivity contribution in [2.75, 3.05) is 5.75 Å². The molecule has 0 saturated heterocycles. The summed E-state index contributed by atoms with van der Waals surface area (Å²) in [6.45, 7) is 5.44. The van der Waals surface area contributed by atoms with Gasteiger partial charge in [0.2, 0.25) is 5.91 Å². The van der Waals surface area contributed by atoms with Gasteiger partial charge >= 0.3 is 0 Å². The molecule has 30 heavy (non-hydrogen) atoms. The lowest BCUT2D eigenvalue weighted by Crippen LogP contribution is -2.49. The molecule has 3 aromatic rings. The lowest BCUT2D eigenvalue weighted by Gasteiger charge is -2.27. The van der Waals surface area contributed by atoms with Gasteiger partial charge in [-0.25, -0.2) is 4.98 Å². The first-order valence-corrected chi connectivity index (χ1v) is 10.7. The minimum Gasteiger partial charge on any atom is -0.337 e. The van der Waals surface area contributed by atoms with Gasteiger partial charge in [-0.2, -0.15) is 5.26 Å². The van der Waals surface area contributed by atoms with Gasteiger partial charge in [-0.3, -0.25) is 14.2 Å². The summed E-state index contributed by atoms with van der Waals surface area (Å²) >= 11 is 7.13. The summed E-state index contributed by atoms with van der Waals surface area (Å²) in [5.74, 6) is -0.340. The highest BCUT2D eigenvalue weighted by molar-refractivity contribution is 7.99. The first-order chi connectivity index (χ1) is 14.2. The van der Waals surface area contributed by atoms with Gasteiger partial charge in [0.15, 0.2) is 5.16 Å². The van der Waals surface area contributed by atoms with Crippen LogP contribution >= 0.6 is 23.4 Å². The van der Waals surface area contributed by atoms with Crippen LogP contribution in [0.15, 0.2) is 58.5 Å². The number of carbonyl (C=O) groups is 1. The van der Waals surface area contributed by atoms with E-state index in [1.54, 1.807) is 49.4 Å². The van der Waals surface area contributed by atoms with Crippen LogP contribution in [-0.2, 0) is 4.79 Å². The Balaban J connectivity index is 1.98. The number of nitriles is 1. The number of para-hydroxylation sites is 1. The molecule has 0 spiro atoms. The Labute approximate surface area is 183 Å². The Kier molecular flexibility index (Phi) is 6.49. The Bertz CT molecular complexity index is 1180. The van der Waals surface area contributed by atoms with Crippen LogP contribution in [0.3, 0.4) is 0 Å². The molecule has 0 radical (unpaired) electrons. The van der Waals surface area contributed by atoms with E-state index >= 15 is 0 Å². The maximum absolute atomic E-state index is 13.2. The number of benzene rings is 2. The average Bonchev–Trinajstić information content (AvgIpc) is 2.73. The number of hydrogen-bond donors (Lipinski definition) is 1. The first kappa shape index (κ1) is 21.9. The smallest absolute Gasteiger partial charge is 0.266 e. The summed E-state index contributed by atoms with van der Waals surface area (Å²) in [6, 6.07) is 16.1. The molecule has 8 heteroatoms. The van der Waals surface area contributed by atoms with E-state index in [2.05, 4.69) is 16.4 Å². The number of fused-ring (bicyclic) bond motifs is 1. The molecule has 1 amide bonds. The topological polar surface area (TPSA) is 87.8 Å². The molecule has 0 aliphatic carbocycles. The fourth-order valence-corrected chi connectivity index (χ4v) is 3.72. The van der Waals surface area contributed by atoms with Crippen molar-refractivity contribution in [1.29, 1.82) is 5.26 Å². The first-order valence-electron chi connectivity index (χ1n) is 9.38. The third-order valence-corrected chi connectivity index (χ3v) is 6.14. The van der Waals surface area contributed by atoms with Gasteiger partial charge in [0, 0.05) is 5.02 Å². The maximum atomic E-state index is 13.2. The summed E-state index contributed by atoms with van der Waals surface area (Å²) in [5, 5.41) is 13.6. The molecular weight excluding hydrogens is 420 g/mol. The number of rotatable bonds is 6. The average molecular weight is 441 g/mol. The third kappa shape index (κ3) is 4.50. The maximum Gasteiger partial charge on any atom is 0.266 e. The van der Waals surface area contributed by atoms with Crippen molar-refractivity contribution < 1.29 is 4.79 Å². The molecule has 1 unspecified atom stereocenters. The van der Waals surface area contributed by atoms with E-state index in [9.17, 15) is 14.9 Å². The molecule has 6 nitrogen and oxygen atoms in total. The van der Waals surface area contributed by atoms with Crippen molar-refractivity contribution in [2.24, 2.45) is 5.92 Å². The van der Waals surface area contributed by atoms with Gasteiger partial charge in [0.05, 0.1) is 28.4 Å². The Hall–Kier alpha value is -2.82. The zero-order valence-electron chi connectivity index (χ0n) is 16.8. The summed E-state index contributed by atoms with van der Waals surface area (Å²) in [4.78, 5) is 30.3. The molecule has 1 heterocycles. The molecular formula is C22H21ClN4O2S. The van der Waals surface area contributed by atoms with Crippen LogP contribution in [0.4, 0.5) is 0 Å². The third-order valence-electron chi connectivity index (χ3n) is 4.95. The number of aromatic nitrogens is 2. The number of carbonyl (C=O) groups excluding carboxylic acids is 1.